The Kier molecular flexibility index (Phi) is 5.45. The summed E-state index contributed by atoms with van der Waals surface area (Å²) in [6.45, 7) is 7.14. The molecule has 8 heteroatoms. The van der Waals surface area contributed by atoms with Gasteiger partial charge in [-0.25, -0.2) is 4.79 Å². The number of aliphatic carboxylic acids is 1. The summed E-state index contributed by atoms with van der Waals surface area (Å²) in [6.07, 6.45) is -0.150. The quantitative estimate of drug-likeness (QED) is 0.733. The van der Waals surface area contributed by atoms with E-state index in [1.165, 1.54) is 4.68 Å². The summed E-state index contributed by atoms with van der Waals surface area (Å²) in [6, 6.07) is -1.28. The van der Waals surface area contributed by atoms with E-state index in [0.717, 1.165) is 0 Å². The van der Waals surface area contributed by atoms with E-state index in [2.05, 4.69) is 15.7 Å². The van der Waals surface area contributed by atoms with E-state index in [4.69, 9.17) is 5.11 Å². The minimum Gasteiger partial charge on any atom is -0.481 e. The van der Waals surface area contributed by atoms with E-state index in [1.54, 1.807) is 27.7 Å². The van der Waals surface area contributed by atoms with Crippen LogP contribution < -0.4 is 10.6 Å². The lowest BCUT2D eigenvalue weighted by Crippen LogP contribution is -2.42. The van der Waals surface area contributed by atoms with Gasteiger partial charge in [0.05, 0.1) is 12.1 Å². The topological polar surface area (TPSA) is 113 Å². The number of rotatable bonds is 5. The first-order valence-corrected chi connectivity index (χ1v) is 6.63. The van der Waals surface area contributed by atoms with Crippen molar-refractivity contribution in [2.45, 2.75) is 40.2 Å². The zero-order chi connectivity index (χ0) is 16.2. The standard InChI is InChI=1S/C13H20N4O4/c1-5-14-13(21)15-12(20)9(4)17-8(3)10(6-11(18)19)7(2)16-17/h9H,5-6H2,1-4H3,(H,18,19)(H2,14,15,20,21). The predicted molar refractivity (Wildman–Crippen MR) is 75.0 cm³/mol. The van der Waals surface area contributed by atoms with Gasteiger partial charge in [-0.3, -0.25) is 19.6 Å². The van der Waals surface area contributed by atoms with Crippen molar-refractivity contribution in [3.05, 3.63) is 17.0 Å². The lowest BCUT2D eigenvalue weighted by atomic mass is 10.1. The highest BCUT2D eigenvalue weighted by Crippen LogP contribution is 2.18. The molecule has 1 aromatic rings. The van der Waals surface area contributed by atoms with Crippen molar-refractivity contribution in [1.82, 2.24) is 20.4 Å². The molecule has 0 saturated heterocycles. The minimum absolute atomic E-state index is 0.150. The van der Waals surface area contributed by atoms with Gasteiger partial charge < -0.3 is 10.4 Å². The summed E-state index contributed by atoms with van der Waals surface area (Å²) in [7, 11) is 0. The summed E-state index contributed by atoms with van der Waals surface area (Å²) in [5.41, 5.74) is 1.75. The van der Waals surface area contributed by atoms with Crippen molar-refractivity contribution in [3.63, 3.8) is 0 Å². The third kappa shape index (κ3) is 4.04. The van der Waals surface area contributed by atoms with Crippen LogP contribution in [-0.2, 0) is 16.0 Å². The number of urea groups is 1. The molecular weight excluding hydrogens is 276 g/mol. The zero-order valence-corrected chi connectivity index (χ0v) is 12.6. The highest BCUT2D eigenvalue weighted by molar-refractivity contribution is 5.96. The molecule has 0 aliphatic rings. The lowest BCUT2D eigenvalue weighted by Gasteiger charge is -2.14. The Labute approximate surface area is 122 Å². The van der Waals surface area contributed by atoms with Gasteiger partial charge in [0.2, 0.25) is 0 Å². The van der Waals surface area contributed by atoms with Gasteiger partial charge in [0.15, 0.2) is 0 Å². The van der Waals surface area contributed by atoms with E-state index in [1.807, 2.05) is 0 Å². The second-order valence-corrected chi connectivity index (χ2v) is 4.69. The highest BCUT2D eigenvalue weighted by Gasteiger charge is 2.23. The molecule has 116 valence electrons. The van der Waals surface area contributed by atoms with Crippen LogP contribution in [0.2, 0.25) is 0 Å². The van der Waals surface area contributed by atoms with Crippen LogP contribution in [0.3, 0.4) is 0 Å². The Morgan fingerprint density at radius 3 is 2.48 bits per heavy atom. The van der Waals surface area contributed by atoms with E-state index in [-0.39, 0.29) is 6.42 Å². The fourth-order valence-corrected chi connectivity index (χ4v) is 2.01. The second-order valence-electron chi connectivity index (χ2n) is 4.69. The van der Waals surface area contributed by atoms with Gasteiger partial charge in [-0.1, -0.05) is 0 Å². The van der Waals surface area contributed by atoms with Crippen molar-refractivity contribution in [1.29, 1.82) is 0 Å². The molecular formula is C13H20N4O4. The first kappa shape index (κ1) is 16.7. The van der Waals surface area contributed by atoms with E-state index >= 15 is 0 Å². The monoisotopic (exact) mass is 296 g/mol. The average Bonchev–Trinajstić information content (AvgIpc) is 2.65. The van der Waals surface area contributed by atoms with Gasteiger partial charge in [-0.2, -0.15) is 5.10 Å². The Bertz CT molecular complexity index is 565. The molecule has 0 saturated carbocycles. The smallest absolute Gasteiger partial charge is 0.321 e. The molecule has 0 radical (unpaired) electrons. The molecule has 0 aliphatic heterocycles. The molecule has 3 N–H and O–H groups in total. The minimum atomic E-state index is -0.958. The molecule has 0 spiro atoms. The molecule has 1 rings (SSSR count). The first-order chi connectivity index (χ1) is 9.77. The third-order valence-electron chi connectivity index (χ3n) is 3.12. The molecule has 3 amide bonds. The maximum absolute atomic E-state index is 12.0. The van der Waals surface area contributed by atoms with Gasteiger partial charge in [0, 0.05) is 17.8 Å². The number of hydrogen-bond acceptors (Lipinski definition) is 4. The number of aromatic nitrogens is 2. The van der Waals surface area contributed by atoms with Gasteiger partial charge in [-0.05, 0) is 27.7 Å². The van der Waals surface area contributed by atoms with Crippen LogP contribution in [0.5, 0.6) is 0 Å². The summed E-state index contributed by atoms with van der Waals surface area (Å²) < 4.78 is 1.43. The van der Waals surface area contributed by atoms with Crippen LogP contribution in [0.15, 0.2) is 0 Å². The van der Waals surface area contributed by atoms with E-state index in [9.17, 15) is 14.4 Å². The molecule has 0 bridgehead atoms. The largest absolute Gasteiger partial charge is 0.481 e. The van der Waals surface area contributed by atoms with Crippen molar-refractivity contribution >= 4 is 17.9 Å². The van der Waals surface area contributed by atoms with Crippen molar-refractivity contribution in [2.75, 3.05) is 6.54 Å². The number of aryl methyl sites for hydroxylation is 1. The van der Waals surface area contributed by atoms with Crippen LogP contribution >= 0.6 is 0 Å². The number of amides is 3. The molecule has 8 nitrogen and oxygen atoms in total. The summed E-state index contributed by atoms with van der Waals surface area (Å²) in [5, 5.41) is 17.8. The number of nitrogens with zero attached hydrogens (tertiary/aromatic N) is 2. The number of carbonyl (C=O) groups is 3. The second kappa shape index (κ2) is 6.87. The number of imide groups is 1. The van der Waals surface area contributed by atoms with Crippen molar-refractivity contribution < 1.29 is 19.5 Å². The predicted octanol–water partition coefficient (Wildman–Crippen LogP) is 0.534. The van der Waals surface area contributed by atoms with Crippen molar-refractivity contribution in [3.8, 4) is 0 Å². The van der Waals surface area contributed by atoms with Crippen molar-refractivity contribution in [2.24, 2.45) is 0 Å². The number of nitrogens with one attached hydrogen (secondary N) is 2. The van der Waals surface area contributed by atoms with Crippen LogP contribution in [0.4, 0.5) is 4.79 Å². The SMILES string of the molecule is CCNC(=O)NC(=O)C(C)n1nc(C)c(CC(=O)O)c1C. The van der Waals surface area contributed by atoms with Gasteiger partial charge in [0.1, 0.15) is 6.04 Å². The molecule has 1 atom stereocenters. The van der Waals surface area contributed by atoms with Crippen LogP contribution in [0, 0.1) is 13.8 Å². The molecule has 0 aromatic carbocycles. The fraction of sp³-hybridized carbons (Fsp3) is 0.538. The number of carboxylic acids is 1. The third-order valence-corrected chi connectivity index (χ3v) is 3.12. The molecule has 1 unspecified atom stereocenters. The molecule has 21 heavy (non-hydrogen) atoms. The van der Waals surface area contributed by atoms with E-state index < -0.39 is 23.9 Å². The summed E-state index contributed by atoms with van der Waals surface area (Å²) in [4.78, 5) is 34.2. The maximum atomic E-state index is 12.0. The van der Waals surface area contributed by atoms with Crippen LogP contribution in [0.25, 0.3) is 0 Å². The molecule has 1 aromatic heterocycles. The van der Waals surface area contributed by atoms with Gasteiger partial charge in [-0.15, -0.1) is 0 Å². The Morgan fingerprint density at radius 2 is 1.95 bits per heavy atom. The average molecular weight is 296 g/mol. The zero-order valence-electron chi connectivity index (χ0n) is 12.6. The Balaban J connectivity index is 2.92. The fourth-order valence-electron chi connectivity index (χ4n) is 2.01. The summed E-state index contributed by atoms with van der Waals surface area (Å²) >= 11 is 0. The maximum Gasteiger partial charge on any atom is 0.321 e. The summed E-state index contributed by atoms with van der Waals surface area (Å²) in [5.74, 6) is -1.46. The van der Waals surface area contributed by atoms with Gasteiger partial charge >= 0.3 is 12.0 Å². The van der Waals surface area contributed by atoms with E-state index in [0.29, 0.717) is 23.5 Å². The first-order valence-electron chi connectivity index (χ1n) is 6.63. The molecule has 0 fully saturated rings. The number of hydrogen-bond donors (Lipinski definition) is 3. The number of carbonyl (C=O) groups excluding carboxylic acids is 2. The van der Waals surface area contributed by atoms with Crippen LogP contribution in [0.1, 0.15) is 36.8 Å². The highest BCUT2D eigenvalue weighted by atomic mass is 16.4. The Morgan fingerprint density at radius 1 is 1.33 bits per heavy atom. The van der Waals surface area contributed by atoms with Gasteiger partial charge in [0.25, 0.3) is 5.91 Å². The molecule has 0 aliphatic carbocycles. The number of carboxylic acid groups (broad SMARTS) is 1. The van der Waals surface area contributed by atoms with Crippen LogP contribution in [-0.4, -0.2) is 39.3 Å². The molecule has 1 heterocycles. The Hall–Kier alpha value is -2.38. The lowest BCUT2D eigenvalue weighted by molar-refractivity contribution is -0.136. The normalized spacial score (nSPS) is 11.8.